The van der Waals surface area contributed by atoms with Gasteiger partial charge in [-0.15, -0.1) is 0 Å². The van der Waals surface area contributed by atoms with Gasteiger partial charge in [0.2, 0.25) is 0 Å². The Kier molecular flexibility index (Phi) is 4.75. The van der Waals surface area contributed by atoms with Crippen LogP contribution < -0.4 is 4.74 Å². The van der Waals surface area contributed by atoms with Gasteiger partial charge in [0.05, 0.1) is 6.04 Å². The third kappa shape index (κ3) is 3.37. The number of amides is 1. The van der Waals surface area contributed by atoms with Gasteiger partial charge in [0.1, 0.15) is 18.2 Å². The van der Waals surface area contributed by atoms with Crippen molar-refractivity contribution in [3.63, 3.8) is 0 Å². The zero-order valence-corrected chi connectivity index (χ0v) is 15.5. The molecular formula is C20H21N3O2S. The van der Waals surface area contributed by atoms with Gasteiger partial charge in [-0.2, -0.15) is 11.3 Å². The van der Waals surface area contributed by atoms with Crippen LogP contribution >= 0.6 is 11.3 Å². The Morgan fingerprint density at radius 1 is 1.31 bits per heavy atom. The molecule has 1 fully saturated rings. The van der Waals surface area contributed by atoms with E-state index in [4.69, 9.17) is 4.74 Å². The summed E-state index contributed by atoms with van der Waals surface area (Å²) in [6.07, 6.45) is 5.73. The number of aryl methyl sites for hydroxylation is 1. The van der Waals surface area contributed by atoms with E-state index in [1.54, 1.807) is 17.5 Å². The Balaban J connectivity index is 1.43. The van der Waals surface area contributed by atoms with Gasteiger partial charge in [0.25, 0.3) is 5.91 Å². The average molecular weight is 367 g/mol. The van der Waals surface area contributed by atoms with E-state index in [9.17, 15) is 4.79 Å². The molecule has 0 aliphatic carbocycles. The summed E-state index contributed by atoms with van der Waals surface area (Å²) >= 11 is 1.68. The number of hydrogen-bond donors (Lipinski definition) is 0. The third-order valence-corrected chi connectivity index (χ3v) is 5.53. The van der Waals surface area contributed by atoms with Crippen molar-refractivity contribution in [1.82, 2.24) is 14.5 Å². The number of hydrogen-bond acceptors (Lipinski definition) is 4. The fraction of sp³-hybridized carbons (Fsp3) is 0.300. The maximum absolute atomic E-state index is 12.9. The molecule has 6 heteroatoms. The second-order valence-corrected chi connectivity index (χ2v) is 7.26. The molecular weight excluding hydrogens is 346 g/mol. The number of thiophene rings is 1. The number of rotatable bonds is 5. The number of likely N-dealkylation sites (tertiary alicyclic amines) is 1. The first-order chi connectivity index (χ1) is 12.7. The van der Waals surface area contributed by atoms with Crippen molar-refractivity contribution in [3.8, 4) is 5.75 Å². The molecule has 3 aromatic rings. The minimum absolute atomic E-state index is 0.0920. The molecule has 134 valence electrons. The van der Waals surface area contributed by atoms with Crippen molar-refractivity contribution >= 4 is 17.2 Å². The van der Waals surface area contributed by atoms with Crippen molar-refractivity contribution in [2.24, 2.45) is 7.05 Å². The highest BCUT2D eigenvalue weighted by Crippen LogP contribution is 2.34. The Morgan fingerprint density at radius 3 is 2.85 bits per heavy atom. The van der Waals surface area contributed by atoms with Crippen molar-refractivity contribution in [1.29, 1.82) is 0 Å². The molecule has 4 rings (SSSR count). The normalized spacial score (nSPS) is 16.8. The van der Waals surface area contributed by atoms with E-state index in [1.165, 1.54) is 5.56 Å². The first kappa shape index (κ1) is 16.8. The van der Waals surface area contributed by atoms with Gasteiger partial charge in [0, 0.05) is 31.5 Å². The lowest BCUT2D eigenvalue weighted by Gasteiger charge is -2.24. The van der Waals surface area contributed by atoms with Crippen molar-refractivity contribution in [2.45, 2.75) is 25.5 Å². The number of carbonyl (C=O) groups is 1. The zero-order valence-electron chi connectivity index (χ0n) is 14.7. The Bertz CT molecular complexity index is 871. The highest BCUT2D eigenvalue weighted by atomic mass is 32.1. The molecule has 1 aromatic carbocycles. The molecule has 1 aliphatic rings. The number of carbonyl (C=O) groups excluding carboxylic acids is 1. The summed E-state index contributed by atoms with van der Waals surface area (Å²) < 4.78 is 7.69. The van der Waals surface area contributed by atoms with Gasteiger partial charge in [0.15, 0.2) is 0 Å². The molecule has 0 saturated carbocycles. The summed E-state index contributed by atoms with van der Waals surface area (Å²) in [5, 5.41) is 4.22. The van der Waals surface area contributed by atoms with E-state index in [1.807, 2.05) is 47.0 Å². The van der Waals surface area contributed by atoms with Crippen LogP contribution in [0.2, 0.25) is 0 Å². The smallest absolute Gasteiger partial charge is 0.254 e. The number of nitrogens with zero attached hydrogens (tertiary/aromatic N) is 3. The zero-order chi connectivity index (χ0) is 17.9. The van der Waals surface area contributed by atoms with Crippen LogP contribution in [0.4, 0.5) is 0 Å². The van der Waals surface area contributed by atoms with Gasteiger partial charge in [-0.05, 0) is 59.5 Å². The summed E-state index contributed by atoms with van der Waals surface area (Å²) in [4.78, 5) is 19.2. The van der Waals surface area contributed by atoms with E-state index in [0.717, 1.165) is 31.0 Å². The monoisotopic (exact) mass is 367 g/mol. The topological polar surface area (TPSA) is 47.4 Å². The quantitative estimate of drug-likeness (QED) is 0.684. The summed E-state index contributed by atoms with van der Waals surface area (Å²) in [6, 6.07) is 9.72. The molecule has 0 radical (unpaired) electrons. The third-order valence-electron chi connectivity index (χ3n) is 4.83. The summed E-state index contributed by atoms with van der Waals surface area (Å²) in [5.41, 5.74) is 1.95. The molecule has 0 unspecified atom stereocenters. The van der Waals surface area contributed by atoms with Crippen LogP contribution in [-0.2, 0) is 13.7 Å². The van der Waals surface area contributed by atoms with E-state index in [2.05, 4.69) is 21.8 Å². The number of benzene rings is 1. The van der Waals surface area contributed by atoms with E-state index >= 15 is 0 Å². The van der Waals surface area contributed by atoms with Crippen LogP contribution in [0.1, 0.15) is 40.6 Å². The Labute approximate surface area is 156 Å². The molecule has 2 aromatic heterocycles. The molecule has 1 amide bonds. The maximum atomic E-state index is 12.9. The second kappa shape index (κ2) is 7.33. The minimum atomic E-state index is 0.0920. The lowest BCUT2D eigenvalue weighted by Crippen LogP contribution is -2.30. The van der Waals surface area contributed by atoms with E-state index in [-0.39, 0.29) is 11.9 Å². The van der Waals surface area contributed by atoms with E-state index in [0.29, 0.717) is 12.2 Å². The summed E-state index contributed by atoms with van der Waals surface area (Å²) in [5.74, 6) is 1.69. The molecule has 5 nitrogen and oxygen atoms in total. The van der Waals surface area contributed by atoms with Crippen molar-refractivity contribution in [3.05, 3.63) is 70.4 Å². The van der Waals surface area contributed by atoms with Gasteiger partial charge in [-0.3, -0.25) is 4.79 Å². The first-order valence-corrected chi connectivity index (χ1v) is 9.69. The number of aromatic nitrogens is 2. The van der Waals surface area contributed by atoms with Gasteiger partial charge >= 0.3 is 0 Å². The second-order valence-electron chi connectivity index (χ2n) is 6.48. The first-order valence-electron chi connectivity index (χ1n) is 8.74. The van der Waals surface area contributed by atoms with Crippen molar-refractivity contribution in [2.75, 3.05) is 6.54 Å². The molecule has 0 bridgehead atoms. The standard InChI is InChI=1S/C20H21N3O2S/c1-22-11-9-21-19(22)13-25-17-6-4-15(5-7-17)20(24)23-10-2-3-18(23)16-8-12-26-14-16/h4-9,11-12,14,18H,2-3,10,13H2,1H3/t18-/m0/s1. The van der Waals surface area contributed by atoms with Crippen LogP contribution in [0.3, 0.4) is 0 Å². The molecule has 26 heavy (non-hydrogen) atoms. The predicted octanol–water partition coefficient (Wildman–Crippen LogP) is 4.04. The van der Waals surface area contributed by atoms with Crippen LogP contribution in [0.25, 0.3) is 0 Å². The van der Waals surface area contributed by atoms with Crippen molar-refractivity contribution < 1.29 is 9.53 Å². The predicted molar refractivity (Wildman–Crippen MR) is 101 cm³/mol. The highest BCUT2D eigenvalue weighted by molar-refractivity contribution is 7.08. The molecule has 1 saturated heterocycles. The Hall–Kier alpha value is -2.60. The minimum Gasteiger partial charge on any atom is -0.486 e. The largest absolute Gasteiger partial charge is 0.486 e. The molecule has 3 heterocycles. The molecule has 0 spiro atoms. The van der Waals surface area contributed by atoms with Gasteiger partial charge < -0.3 is 14.2 Å². The fourth-order valence-corrected chi connectivity index (χ4v) is 4.07. The Morgan fingerprint density at radius 2 is 2.15 bits per heavy atom. The average Bonchev–Trinajstić information content (AvgIpc) is 3.41. The van der Waals surface area contributed by atoms with E-state index < -0.39 is 0 Å². The van der Waals surface area contributed by atoms with Crippen LogP contribution in [0.15, 0.2) is 53.5 Å². The molecule has 0 N–H and O–H groups in total. The maximum Gasteiger partial charge on any atom is 0.254 e. The number of imidazole rings is 1. The summed E-state index contributed by atoms with van der Waals surface area (Å²) in [6.45, 7) is 1.22. The molecule has 1 atom stereocenters. The van der Waals surface area contributed by atoms with Gasteiger partial charge in [-0.1, -0.05) is 0 Å². The van der Waals surface area contributed by atoms with Gasteiger partial charge in [-0.25, -0.2) is 4.98 Å². The summed E-state index contributed by atoms with van der Waals surface area (Å²) in [7, 11) is 1.94. The number of ether oxygens (including phenoxy) is 1. The SMILES string of the molecule is Cn1ccnc1COc1ccc(C(=O)N2CCC[C@H]2c2ccsc2)cc1. The lowest BCUT2D eigenvalue weighted by atomic mass is 10.1. The van der Waals surface area contributed by atoms with Crippen LogP contribution in [0, 0.1) is 0 Å². The van der Waals surface area contributed by atoms with Crippen LogP contribution in [-0.4, -0.2) is 26.9 Å². The highest BCUT2D eigenvalue weighted by Gasteiger charge is 2.30. The van der Waals surface area contributed by atoms with Crippen LogP contribution in [0.5, 0.6) is 5.75 Å². The fourth-order valence-electron chi connectivity index (χ4n) is 3.36. The lowest BCUT2D eigenvalue weighted by molar-refractivity contribution is 0.0736. The molecule has 1 aliphatic heterocycles.